The summed E-state index contributed by atoms with van der Waals surface area (Å²) in [5.41, 5.74) is 2.48. The van der Waals surface area contributed by atoms with Gasteiger partial charge in [0.15, 0.2) is 5.82 Å². The first-order valence-corrected chi connectivity index (χ1v) is 6.75. The van der Waals surface area contributed by atoms with Gasteiger partial charge in [-0.05, 0) is 18.6 Å². The van der Waals surface area contributed by atoms with Crippen LogP contribution < -0.4 is 10.6 Å². The number of rotatable bonds is 3. The van der Waals surface area contributed by atoms with E-state index in [9.17, 15) is 9.59 Å². The molecule has 2 heterocycles. The highest BCUT2D eigenvalue weighted by molar-refractivity contribution is 6.00. The molecule has 1 aromatic carbocycles. The van der Waals surface area contributed by atoms with Crippen LogP contribution in [0.15, 0.2) is 30.3 Å². The Morgan fingerprint density at radius 1 is 1.43 bits per heavy atom. The second kappa shape index (κ2) is 5.05. The Balaban J connectivity index is 1.70. The Labute approximate surface area is 122 Å². The maximum atomic E-state index is 12.1. The number of nitrogens with zero attached hydrogens (tertiary/aromatic N) is 2. The van der Waals surface area contributed by atoms with Crippen molar-refractivity contribution >= 4 is 17.6 Å². The highest BCUT2D eigenvalue weighted by atomic mass is 16.2. The summed E-state index contributed by atoms with van der Waals surface area (Å²) in [5.74, 6) is 0.227. The minimum Gasteiger partial charge on any atom is -0.345 e. The molecule has 1 atom stereocenters. The molecule has 2 N–H and O–H groups in total. The zero-order valence-electron chi connectivity index (χ0n) is 11.9. The fourth-order valence-electron chi connectivity index (χ4n) is 2.48. The number of aromatic nitrogens is 2. The van der Waals surface area contributed by atoms with Gasteiger partial charge in [0.25, 0.3) is 5.91 Å². The minimum absolute atomic E-state index is 0.128. The van der Waals surface area contributed by atoms with E-state index < -0.39 is 0 Å². The van der Waals surface area contributed by atoms with Crippen molar-refractivity contribution in [2.45, 2.75) is 19.4 Å². The third kappa shape index (κ3) is 2.52. The zero-order chi connectivity index (χ0) is 15.0. The number of hydrogen-bond donors (Lipinski definition) is 2. The lowest BCUT2D eigenvalue weighted by Gasteiger charge is -2.10. The van der Waals surface area contributed by atoms with Crippen LogP contribution in [0.25, 0.3) is 0 Å². The molecule has 1 aromatic heterocycles. The molecular weight excluding hydrogens is 268 g/mol. The number of hydrogen-bond acceptors (Lipinski definition) is 3. The van der Waals surface area contributed by atoms with Crippen LogP contribution in [-0.2, 0) is 11.8 Å². The molecule has 6 heteroatoms. The first-order chi connectivity index (χ1) is 10.0. The molecule has 1 aliphatic heterocycles. The van der Waals surface area contributed by atoms with Crippen LogP contribution in [0.4, 0.5) is 5.82 Å². The number of amides is 2. The van der Waals surface area contributed by atoms with Crippen molar-refractivity contribution in [1.29, 1.82) is 0 Å². The van der Waals surface area contributed by atoms with Gasteiger partial charge in [0.05, 0.1) is 12.5 Å². The maximum Gasteiger partial charge on any atom is 0.252 e. The molecule has 0 bridgehead atoms. The predicted molar refractivity (Wildman–Crippen MR) is 77.8 cm³/mol. The number of fused-ring (bicyclic) bond motifs is 1. The van der Waals surface area contributed by atoms with Gasteiger partial charge >= 0.3 is 0 Å². The van der Waals surface area contributed by atoms with E-state index in [1.54, 1.807) is 16.8 Å². The monoisotopic (exact) mass is 284 g/mol. The molecule has 3 rings (SSSR count). The second-order valence-corrected chi connectivity index (χ2v) is 5.16. The summed E-state index contributed by atoms with van der Waals surface area (Å²) in [4.78, 5) is 23.9. The van der Waals surface area contributed by atoms with Gasteiger partial charge in [0.1, 0.15) is 0 Å². The normalized spacial score (nSPS) is 16.5. The number of carbonyl (C=O) groups excluding carboxylic acids is 2. The lowest BCUT2D eigenvalue weighted by molar-refractivity contribution is -0.116. The minimum atomic E-state index is -0.279. The number of nitrogens with one attached hydrogen (secondary N) is 2. The Morgan fingerprint density at radius 3 is 2.90 bits per heavy atom. The molecule has 1 aliphatic rings. The van der Waals surface area contributed by atoms with Crippen molar-refractivity contribution in [2.24, 2.45) is 7.05 Å². The first kappa shape index (κ1) is 13.4. The summed E-state index contributed by atoms with van der Waals surface area (Å²) >= 11 is 0. The van der Waals surface area contributed by atoms with Gasteiger partial charge in [-0.15, -0.1) is 0 Å². The topological polar surface area (TPSA) is 76.0 Å². The van der Waals surface area contributed by atoms with Crippen molar-refractivity contribution in [3.8, 4) is 0 Å². The lowest BCUT2D eigenvalue weighted by Crippen LogP contribution is -2.24. The highest BCUT2D eigenvalue weighted by Crippen LogP contribution is 2.27. The molecule has 0 unspecified atom stereocenters. The Morgan fingerprint density at radius 2 is 2.19 bits per heavy atom. The molecule has 0 fully saturated rings. The van der Waals surface area contributed by atoms with E-state index in [0.29, 0.717) is 11.4 Å². The second-order valence-electron chi connectivity index (χ2n) is 5.16. The lowest BCUT2D eigenvalue weighted by atomic mass is 10.0. The number of anilines is 1. The van der Waals surface area contributed by atoms with Gasteiger partial charge in [-0.3, -0.25) is 14.3 Å². The maximum absolute atomic E-state index is 12.1. The summed E-state index contributed by atoms with van der Waals surface area (Å²) in [7, 11) is 1.82. The highest BCUT2D eigenvalue weighted by Gasteiger charge is 2.29. The van der Waals surface area contributed by atoms with Crippen LogP contribution in [0, 0.1) is 6.92 Å². The van der Waals surface area contributed by atoms with Gasteiger partial charge in [0, 0.05) is 24.4 Å². The molecule has 108 valence electrons. The van der Waals surface area contributed by atoms with Crippen molar-refractivity contribution in [3.63, 3.8) is 0 Å². The van der Waals surface area contributed by atoms with Crippen LogP contribution in [0.3, 0.4) is 0 Å². The quantitative estimate of drug-likeness (QED) is 0.897. The van der Waals surface area contributed by atoms with Crippen LogP contribution in [0.5, 0.6) is 0 Å². The van der Waals surface area contributed by atoms with E-state index in [2.05, 4.69) is 15.7 Å². The summed E-state index contributed by atoms with van der Waals surface area (Å²) in [6, 6.07) is 8.85. The molecule has 6 nitrogen and oxygen atoms in total. The van der Waals surface area contributed by atoms with Crippen molar-refractivity contribution in [1.82, 2.24) is 15.1 Å². The zero-order valence-corrected chi connectivity index (χ0v) is 11.9. The fourth-order valence-corrected chi connectivity index (χ4v) is 2.48. The SMILES string of the molecule is Cc1cc(NC(=O)C[C@H]2NC(=O)c3ccccc32)nn1C. The van der Waals surface area contributed by atoms with Gasteiger partial charge in [-0.2, -0.15) is 5.10 Å². The molecule has 21 heavy (non-hydrogen) atoms. The largest absolute Gasteiger partial charge is 0.345 e. The fraction of sp³-hybridized carbons (Fsp3) is 0.267. The smallest absolute Gasteiger partial charge is 0.252 e. The van der Waals surface area contributed by atoms with Crippen LogP contribution >= 0.6 is 0 Å². The number of aryl methyl sites for hydroxylation is 2. The van der Waals surface area contributed by atoms with E-state index in [4.69, 9.17) is 0 Å². The molecule has 0 radical (unpaired) electrons. The molecule has 2 amide bonds. The first-order valence-electron chi connectivity index (χ1n) is 6.75. The molecule has 0 aliphatic carbocycles. The Kier molecular flexibility index (Phi) is 3.21. The van der Waals surface area contributed by atoms with E-state index in [0.717, 1.165) is 11.3 Å². The van der Waals surface area contributed by atoms with E-state index in [1.165, 1.54) is 0 Å². The average Bonchev–Trinajstić information content (AvgIpc) is 2.91. The molecule has 0 saturated carbocycles. The summed E-state index contributed by atoms with van der Waals surface area (Å²) in [6.45, 7) is 1.91. The molecule has 2 aromatic rings. The van der Waals surface area contributed by atoms with Gasteiger partial charge < -0.3 is 10.6 Å². The number of benzene rings is 1. The Bertz CT molecular complexity index is 701. The summed E-state index contributed by atoms with van der Waals surface area (Å²) in [6.07, 6.45) is 0.193. The molecule has 0 saturated heterocycles. The van der Waals surface area contributed by atoms with Gasteiger partial charge in [-0.25, -0.2) is 0 Å². The van der Waals surface area contributed by atoms with Crippen molar-refractivity contribution < 1.29 is 9.59 Å². The molecular formula is C15H16N4O2. The number of carbonyl (C=O) groups is 2. The molecule has 0 spiro atoms. The van der Waals surface area contributed by atoms with Gasteiger partial charge in [0.2, 0.25) is 5.91 Å². The predicted octanol–water partition coefficient (Wildman–Crippen LogP) is 1.54. The van der Waals surface area contributed by atoms with E-state index in [-0.39, 0.29) is 24.3 Å². The Hall–Kier alpha value is -2.63. The standard InChI is InChI=1S/C15H16N4O2/c1-9-7-13(18-19(9)2)17-14(20)8-12-10-5-3-4-6-11(10)15(21)16-12/h3-7,12H,8H2,1-2H3,(H,16,21)(H,17,18,20)/t12-/m1/s1. The van der Waals surface area contributed by atoms with Gasteiger partial charge in [-0.1, -0.05) is 18.2 Å². The van der Waals surface area contributed by atoms with Crippen molar-refractivity contribution in [2.75, 3.05) is 5.32 Å². The third-order valence-electron chi connectivity index (χ3n) is 3.66. The third-order valence-corrected chi connectivity index (χ3v) is 3.66. The summed E-state index contributed by atoms with van der Waals surface area (Å²) < 4.78 is 1.70. The van der Waals surface area contributed by atoms with E-state index in [1.807, 2.05) is 32.2 Å². The van der Waals surface area contributed by atoms with Crippen LogP contribution in [0.2, 0.25) is 0 Å². The average molecular weight is 284 g/mol. The summed E-state index contributed by atoms with van der Waals surface area (Å²) in [5, 5.41) is 9.76. The van der Waals surface area contributed by atoms with E-state index >= 15 is 0 Å². The van der Waals surface area contributed by atoms with Crippen LogP contribution in [0.1, 0.15) is 34.1 Å². The van der Waals surface area contributed by atoms with Crippen molar-refractivity contribution in [3.05, 3.63) is 47.2 Å². The van der Waals surface area contributed by atoms with Crippen LogP contribution in [-0.4, -0.2) is 21.6 Å².